The van der Waals surface area contributed by atoms with Crippen molar-refractivity contribution in [2.45, 2.75) is 24.0 Å². The molecule has 5 rings (SSSR count). The van der Waals surface area contributed by atoms with E-state index in [2.05, 4.69) is 77.7 Å². The highest BCUT2D eigenvalue weighted by Gasteiger charge is 2.10. The quantitative estimate of drug-likeness (QED) is 0.370. The van der Waals surface area contributed by atoms with Crippen LogP contribution in [0.15, 0.2) is 83.8 Å². The summed E-state index contributed by atoms with van der Waals surface area (Å²) in [6, 6.07) is 27.4. The highest BCUT2D eigenvalue weighted by molar-refractivity contribution is 7.98. The average Bonchev–Trinajstić information content (AvgIpc) is 3.16. The standard InChI is InChI=1S/C24H20N4S/c1-17-13-21(16-29-22-12-11-19-9-5-6-10-20(19)15-22)25-24-26-23(27-28(17)24)14-18-7-3-2-4-8-18/h2-13,15H,14,16H2,1H3. The predicted octanol–water partition coefficient (Wildman–Crippen LogP) is 5.47. The van der Waals surface area contributed by atoms with E-state index in [1.165, 1.54) is 21.2 Å². The number of hydrogen-bond acceptors (Lipinski definition) is 4. The molecule has 0 aliphatic rings. The molecule has 0 saturated heterocycles. The van der Waals surface area contributed by atoms with Crippen molar-refractivity contribution in [1.29, 1.82) is 0 Å². The Labute approximate surface area is 173 Å². The second-order valence-corrected chi connectivity index (χ2v) is 8.14. The number of rotatable bonds is 5. The zero-order chi connectivity index (χ0) is 19.6. The van der Waals surface area contributed by atoms with E-state index in [-0.39, 0.29) is 0 Å². The Kier molecular flexibility index (Phi) is 4.74. The van der Waals surface area contributed by atoms with Crippen molar-refractivity contribution >= 4 is 28.3 Å². The van der Waals surface area contributed by atoms with Gasteiger partial charge in [-0.1, -0.05) is 60.7 Å². The average molecular weight is 397 g/mol. The molecule has 0 amide bonds. The molecule has 0 N–H and O–H groups in total. The summed E-state index contributed by atoms with van der Waals surface area (Å²) in [5, 5.41) is 7.17. The molecule has 0 fully saturated rings. The molecule has 4 nitrogen and oxygen atoms in total. The third-order valence-electron chi connectivity index (χ3n) is 4.90. The highest BCUT2D eigenvalue weighted by atomic mass is 32.2. The molecule has 5 heteroatoms. The summed E-state index contributed by atoms with van der Waals surface area (Å²) in [5.41, 5.74) is 3.27. The molecule has 0 bridgehead atoms. The smallest absolute Gasteiger partial charge is 0.215 e. The van der Waals surface area contributed by atoms with Crippen molar-refractivity contribution in [2.75, 3.05) is 0 Å². The van der Waals surface area contributed by atoms with Gasteiger partial charge in [0.15, 0.2) is 5.82 Å². The second-order valence-electron chi connectivity index (χ2n) is 7.09. The van der Waals surface area contributed by atoms with Gasteiger partial charge in [-0.2, -0.15) is 4.98 Å². The summed E-state index contributed by atoms with van der Waals surface area (Å²) in [5.74, 6) is 2.27. The van der Waals surface area contributed by atoms with Gasteiger partial charge in [0.2, 0.25) is 0 Å². The summed E-state index contributed by atoms with van der Waals surface area (Å²) in [7, 11) is 0. The van der Waals surface area contributed by atoms with Crippen LogP contribution in [-0.4, -0.2) is 19.6 Å². The van der Waals surface area contributed by atoms with Crippen LogP contribution in [0.25, 0.3) is 16.6 Å². The lowest BCUT2D eigenvalue weighted by molar-refractivity contribution is 0.854. The molecule has 2 aromatic heterocycles. The van der Waals surface area contributed by atoms with Crippen molar-refractivity contribution in [3.8, 4) is 0 Å². The first-order valence-corrected chi connectivity index (χ1v) is 10.6. The summed E-state index contributed by atoms with van der Waals surface area (Å²) in [6.07, 6.45) is 0.713. The number of fused-ring (bicyclic) bond motifs is 2. The number of benzene rings is 3. The van der Waals surface area contributed by atoms with E-state index in [1.807, 2.05) is 22.7 Å². The SMILES string of the molecule is Cc1cc(CSc2ccc3ccccc3c2)nc2nc(Cc3ccccc3)nn12. The fourth-order valence-electron chi connectivity index (χ4n) is 3.46. The first kappa shape index (κ1) is 17.9. The maximum Gasteiger partial charge on any atom is 0.252 e. The molecule has 3 aromatic carbocycles. The zero-order valence-electron chi connectivity index (χ0n) is 16.1. The lowest BCUT2D eigenvalue weighted by atomic mass is 10.1. The van der Waals surface area contributed by atoms with Crippen LogP contribution in [-0.2, 0) is 12.2 Å². The van der Waals surface area contributed by atoms with Crippen LogP contribution in [0.2, 0.25) is 0 Å². The Bertz CT molecular complexity index is 1290. The van der Waals surface area contributed by atoms with Crippen LogP contribution >= 0.6 is 11.8 Å². The van der Waals surface area contributed by atoms with E-state index in [1.54, 1.807) is 11.8 Å². The van der Waals surface area contributed by atoms with Crippen LogP contribution < -0.4 is 0 Å². The molecule has 0 radical (unpaired) electrons. The van der Waals surface area contributed by atoms with Crippen LogP contribution in [0.1, 0.15) is 22.8 Å². The lowest BCUT2D eigenvalue weighted by Gasteiger charge is -2.05. The minimum atomic E-state index is 0.671. The molecular formula is C24H20N4S. The van der Waals surface area contributed by atoms with E-state index in [4.69, 9.17) is 4.98 Å². The molecule has 142 valence electrons. The van der Waals surface area contributed by atoms with Crippen LogP contribution in [0.5, 0.6) is 0 Å². The molecule has 0 unspecified atom stereocenters. The van der Waals surface area contributed by atoms with E-state index in [9.17, 15) is 0 Å². The molecule has 0 spiro atoms. The van der Waals surface area contributed by atoms with Gasteiger partial charge in [0.1, 0.15) is 0 Å². The number of hydrogen-bond donors (Lipinski definition) is 0. The summed E-state index contributed by atoms with van der Waals surface area (Å²) in [6.45, 7) is 2.06. The van der Waals surface area contributed by atoms with Crippen molar-refractivity contribution in [1.82, 2.24) is 19.6 Å². The minimum Gasteiger partial charge on any atom is -0.215 e. The molecule has 0 atom stereocenters. The predicted molar refractivity (Wildman–Crippen MR) is 118 cm³/mol. The first-order chi connectivity index (χ1) is 14.2. The van der Waals surface area contributed by atoms with E-state index in [0.717, 1.165) is 23.0 Å². The Hall–Kier alpha value is -3.18. The minimum absolute atomic E-state index is 0.671. The Balaban J connectivity index is 1.37. The van der Waals surface area contributed by atoms with Gasteiger partial charge in [0, 0.05) is 22.8 Å². The normalized spacial score (nSPS) is 11.3. The largest absolute Gasteiger partial charge is 0.252 e. The van der Waals surface area contributed by atoms with Gasteiger partial charge >= 0.3 is 0 Å². The number of thioether (sulfide) groups is 1. The third kappa shape index (κ3) is 3.87. The molecule has 5 aromatic rings. The van der Waals surface area contributed by atoms with E-state index in [0.29, 0.717) is 12.2 Å². The van der Waals surface area contributed by atoms with Crippen molar-refractivity contribution in [3.63, 3.8) is 0 Å². The van der Waals surface area contributed by atoms with Gasteiger partial charge in [0.05, 0.1) is 5.69 Å². The summed E-state index contributed by atoms with van der Waals surface area (Å²) >= 11 is 1.80. The fraction of sp³-hybridized carbons (Fsp3) is 0.125. The molecule has 29 heavy (non-hydrogen) atoms. The van der Waals surface area contributed by atoms with Crippen LogP contribution in [0.4, 0.5) is 0 Å². The number of nitrogens with zero attached hydrogens (tertiary/aromatic N) is 4. The van der Waals surface area contributed by atoms with E-state index >= 15 is 0 Å². The maximum atomic E-state index is 4.74. The van der Waals surface area contributed by atoms with Gasteiger partial charge in [0.25, 0.3) is 5.78 Å². The monoisotopic (exact) mass is 396 g/mol. The molecule has 2 heterocycles. The van der Waals surface area contributed by atoms with Gasteiger partial charge < -0.3 is 0 Å². The van der Waals surface area contributed by atoms with Crippen LogP contribution in [0.3, 0.4) is 0 Å². The Morgan fingerprint density at radius 3 is 2.48 bits per heavy atom. The fourth-order valence-corrected chi connectivity index (χ4v) is 4.30. The van der Waals surface area contributed by atoms with Gasteiger partial charge in [-0.15, -0.1) is 16.9 Å². The molecule has 0 aliphatic heterocycles. The van der Waals surface area contributed by atoms with E-state index < -0.39 is 0 Å². The Morgan fingerprint density at radius 1 is 0.828 bits per heavy atom. The molecule has 0 saturated carbocycles. The van der Waals surface area contributed by atoms with Crippen molar-refractivity contribution in [2.24, 2.45) is 0 Å². The Morgan fingerprint density at radius 2 is 1.62 bits per heavy atom. The highest BCUT2D eigenvalue weighted by Crippen LogP contribution is 2.26. The first-order valence-electron chi connectivity index (χ1n) is 9.62. The second kappa shape index (κ2) is 7.68. The number of aryl methyl sites for hydroxylation is 1. The zero-order valence-corrected chi connectivity index (χ0v) is 16.9. The van der Waals surface area contributed by atoms with Crippen molar-refractivity contribution < 1.29 is 0 Å². The van der Waals surface area contributed by atoms with Crippen LogP contribution in [0, 0.1) is 6.92 Å². The summed E-state index contributed by atoms with van der Waals surface area (Å²) in [4.78, 5) is 10.6. The van der Waals surface area contributed by atoms with Crippen molar-refractivity contribution in [3.05, 3.63) is 102 Å². The number of aromatic nitrogens is 4. The van der Waals surface area contributed by atoms with Gasteiger partial charge in [-0.3, -0.25) is 0 Å². The molecule has 0 aliphatic carbocycles. The lowest BCUT2D eigenvalue weighted by Crippen LogP contribution is -1.99. The summed E-state index contributed by atoms with van der Waals surface area (Å²) < 4.78 is 1.84. The topological polar surface area (TPSA) is 43.1 Å². The van der Waals surface area contributed by atoms with Gasteiger partial charge in [-0.05, 0) is 41.5 Å². The van der Waals surface area contributed by atoms with Gasteiger partial charge in [-0.25, -0.2) is 9.50 Å². The maximum absolute atomic E-state index is 4.74. The molecular weight excluding hydrogens is 376 g/mol. The third-order valence-corrected chi connectivity index (χ3v) is 5.93.